The van der Waals surface area contributed by atoms with E-state index in [1.54, 1.807) is 30.5 Å². The maximum atomic E-state index is 13.6. The Morgan fingerprint density at radius 3 is 2.19 bits per heavy atom. The van der Waals surface area contributed by atoms with Gasteiger partial charge in [0.15, 0.2) is 0 Å². The first-order valence-electron chi connectivity index (χ1n) is 9.63. The average molecular weight is 417 g/mol. The van der Waals surface area contributed by atoms with Crippen LogP contribution in [0.25, 0.3) is 33.6 Å². The summed E-state index contributed by atoms with van der Waals surface area (Å²) in [6.07, 6.45) is 3.05. The second-order valence-electron chi connectivity index (χ2n) is 7.13. The number of anilines is 1. The second-order valence-corrected chi connectivity index (χ2v) is 7.13. The summed E-state index contributed by atoms with van der Waals surface area (Å²) in [5.41, 5.74) is 2.51. The average Bonchev–Trinajstić information content (AvgIpc) is 3.42. The van der Waals surface area contributed by atoms with Crippen molar-refractivity contribution in [3.63, 3.8) is 0 Å². The van der Waals surface area contributed by atoms with E-state index in [0.717, 1.165) is 11.3 Å². The number of halogens is 2. The molecule has 5 nitrogen and oxygen atoms in total. The van der Waals surface area contributed by atoms with Crippen LogP contribution in [0.15, 0.2) is 82.1 Å². The van der Waals surface area contributed by atoms with Gasteiger partial charge >= 0.3 is 0 Å². The first-order valence-corrected chi connectivity index (χ1v) is 9.63. The number of nitrogens with zero attached hydrogens (tertiary/aromatic N) is 3. The molecule has 2 aromatic carbocycles. The Balaban J connectivity index is 1.74. The fraction of sp³-hybridized carbons (Fsp3) is 0.0833. The fourth-order valence-electron chi connectivity index (χ4n) is 3.62. The SMILES string of the molecule is CN(Cc1ccco1)c1ncnc2oc(-c3ccc(F)cc3)c(-c3ccc(F)cc3)c12. The van der Waals surface area contributed by atoms with E-state index >= 15 is 0 Å². The summed E-state index contributed by atoms with van der Waals surface area (Å²) in [6.45, 7) is 0.485. The number of furan rings is 2. The van der Waals surface area contributed by atoms with Gasteiger partial charge in [0, 0.05) is 18.2 Å². The van der Waals surface area contributed by atoms with Crippen molar-refractivity contribution in [3.8, 4) is 22.5 Å². The highest BCUT2D eigenvalue weighted by Crippen LogP contribution is 2.43. The van der Waals surface area contributed by atoms with Gasteiger partial charge in [0.25, 0.3) is 0 Å². The molecule has 5 rings (SSSR count). The number of benzene rings is 2. The van der Waals surface area contributed by atoms with E-state index in [9.17, 15) is 8.78 Å². The molecule has 7 heteroatoms. The van der Waals surface area contributed by atoms with Gasteiger partial charge in [-0.2, -0.15) is 0 Å². The van der Waals surface area contributed by atoms with Crippen LogP contribution in [0.4, 0.5) is 14.6 Å². The summed E-state index contributed by atoms with van der Waals surface area (Å²) in [6, 6.07) is 15.9. The van der Waals surface area contributed by atoms with Gasteiger partial charge in [-0.05, 0) is 54.1 Å². The van der Waals surface area contributed by atoms with E-state index in [1.165, 1.54) is 30.6 Å². The van der Waals surface area contributed by atoms with Gasteiger partial charge in [0.2, 0.25) is 5.71 Å². The van der Waals surface area contributed by atoms with E-state index in [2.05, 4.69) is 9.97 Å². The van der Waals surface area contributed by atoms with Gasteiger partial charge < -0.3 is 13.7 Å². The number of rotatable bonds is 5. The van der Waals surface area contributed by atoms with Crippen LogP contribution < -0.4 is 4.90 Å². The molecule has 0 unspecified atom stereocenters. The molecule has 0 amide bonds. The molecule has 0 aliphatic carbocycles. The summed E-state index contributed by atoms with van der Waals surface area (Å²) < 4.78 is 38.7. The first-order chi connectivity index (χ1) is 15.1. The standard InChI is InChI=1S/C24H17F2N3O2/c1-29(13-19-3-2-12-30-19)23-21-20(15-4-8-17(25)9-5-15)22(31-24(21)28-14-27-23)16-6-10-18(26)11-7-16/h2-12,14H,13H2,1H3. The van der Waals surface area contributed by atoms with E-state index < -0.39 is 0 Å². The third kappa shape index (κ3) is 3.54. The molecule has 0 saturated carbocycles. The van der Waals surface area contributed by atoms with Crippen molar-refractivity contribution in [3.05, 3.63) is 90.6 Å². The van der Waals surface area contributed by atoms with E-state index in [4.69, 9.17) is 8.83 Å². The molecule has 0 fully saturated rings. The number of hydrogen-bond donors (Lipinski definition) is 0. The fourth-order valence-corrected chi connectivity index (χ4v) is 3.62. The van der Waals surface area contributed by atoms with Crippen LogP contribution >= 0.6 is 0 Å². The molecule has 5 aromatic rings. The van der Waals surface area contributed by atoms with Gasteiger partial charge in [-0.3, -0.25) is 0 Å². The predicted molar refractivity (Wildman–Crippen MR) is 113 cm³/mol. The van der Waals surface area contributed by atoms with Crippen molar-refractivity contribution >= 4 is 16.9 Å². The summed E-state index contributed by atoms with van der Waals surface area (Å²) in [5, 5.41) is 0.683. The van der Waals surface area contributed by atoms with Gasteiger partial charge in [-0.15, -0.1) is 0 Å². The zero-order valence-corrected chi connectivity index (χ0v) is 16.5. The van der Waals surface area contributed by atoms with E-state index in [-0.39, 0.29) is 11.6 Å². The van der Waals surface area contributed by atoms with Crippen LogP contribution in [-0.2, 0) is 6.54 Å². The van der Waals surface area contributed by atoms with Gasteiger partial charge in [-0.1, -0.05) is 12.1 Å². The van der Waals surface area contributed by atoms with Crippen molar-refractivity contribution in [1.82, 2.24) is 9.97 Å². The minimum absolute atomic E-state index is 0.341. The molecule has 0 atom stereocenters. The minimum atomic E-state index is -0.346. The molecule has 0 saturated heterocycles. The molecule has 154 valence electrons. The highest BCUT2D eigenvalue weighted by molar-refractivity contribution is 6.06. The molecule has 0 aliphatic rings. The molecular formula is C24H17F2N3O2. The third-order valence-electron chi connectivity index (χ3n) is 5.04. The van der Waals surface area contributed by atoms with Gasteiger partial charge in [0.05, 0.1) is 18.2 Å². The lowest BCUT2D eigenvalue weighted by Gasteiger charge is -2.17. The highest BCUT2D eigenvalue weighted by atomic mass is 19.1. The van der Waals surface area contributed by atoms with Crippen LogP contribution in [0, 0.1) is 11.6 Å². The Labute approximate surface area is 176 Å². The first kappa shape index (κ1) is 19.0. The summed E-state index contributed by atoms with van der Waals surface area (Å²) in [7, 11) is 1.89. The largest absolute Gasteiger partial charge is 0.467 e. The summed E-state index contributed by atoms with van der Waals surface area (Å²) in [4.78, 5) is 10.7. The molecule has 0 spiro atoms. The predicted octanol–water partition coefficient (Wildman–Crippen LogP) is 6.06. The van der Waals surface area contributed by atoms with Crippen LogP contribution in [0.3, 0.4) is 0 Å². The Morgan fingerprint density at radius 2 is 1.55 bits per heavy atom. The summed E-state index contributed by atoms with van der Waals surface area (Å²) >= 11 is 0. The van der Waals surface area contributed by atoms with Crippen LogP contribution in [-0.4, -0.2) is 17.0 Å². The van der Waals surface area contributed by atoms with Crippen molar-refractivity contribution in [2.75, 3.05) is 11.9 Å². The van der Waals surface area contributed by atoms with Crippen molar-refractivity contribution in [2.24, 2.45) is 0 Å². The molecule has 0 N–H and O–H groups in total. The molecule has 0 radical (unpaired) electrons. The van der Waals surface area contributed by atoms with E-state index in [1.807, 2.05) is 24.1 Å². The van der Waals surface area contributed by atoms with Gasteiger partial charge in [-0.25, -0.2) is 18.7 Å². The molecule has 3 heterocycles. The molecule has 31 heavy (non-hydrogen) atoms. The topological polar surface area (TPSA) is 55.3 Å². The Kier molecular flexibility index (Phi) is 4.71. The molecule has 3 aromatic heterocycles. The minimum Gasteiger partial charge on any atom is -0.467 e. The number of fused-ring (bicyclic) bond motifs is 1. The quantitative estimate of drug-likeness (QED) is 0.348. The zero-order chi connectivity index (χ0) is 21.4. The lowest BCUT2D eigenvalue weighted by Crippen LogP contribution is -2.17. The monoisotopic (exact) mass is 417 g/mol. The lowest BCUT2D eigenvalue weighted by molar-refractivity contribution is 0.507. The Bertz CT molecular complexity index is 1330. The maximum absolute atomic E-state index is 13.6. The molecular weight excluding hydrogens is 400 g/mol. The van der Waals surface area contributed by atoms with Crippen LogP contribution in [0.2, 0.25) is 0 Å². The second kappa shape index (κ2) is 7.68. The Hall–Kier alpha value is -4.00. The lowest BCUT2D eigenvalue weighted by atomic mass is 9.99. The third-order valence-corrected chi connectivity index (χ3v) is 5.04. The zero-order valence-electron chi connectivity index (χ0n) is 16.5. The molecule has 0 bridgehead atoms. The van der Waals surface area contributed by atoms with E-state index in [0.29, 0.717) is 40.3 Å². The van der Waals surface area contributed by atoms with Gasteiger partial charge in [0.1, 0.15) is 35.3 Å². The number of aromatic nitrogens is 2. The number of hydrogen-bond acceptors (Lipinski definition) is 5. The van der Waals surface area contributed by atoms with Crippen molar-refractivity contribution in [2.45, 2.75) is 6.54 Å². The summed E-state index contributed by atoms with van der Waals surface area (Å²) in [5.74, 6) is 1.24. The molecule has 0 aliphatic heterocycles. The maximum Gasteiger partial charge on any atom is 0.232 e. The van der Waals surface area contributed by atoms with Crippen LogP contribution in [0.5, 0.6) is 0 Å². The Morgan fingerprint density at radius 1 is 0.871 bits per heavy atom. The van der Waals surface area contributed by atoms with Crippen molar-refractivity contribution in [1.29, 1.82) is 0 Å². The normalized spacial score (nSPS) is 11.2. The van der Waals surface area contributed by atoms with Crippen LogP contribution in [0.1, 0.15) is 5.76 Å². The highest BCUT2D eigenvalue weighted by Gasteiger charge is 2.24. The smallest absolute Gasteiger partial charge is 0.232 e. The van der Waals surface area contributed by atoms with Crippen molar-refractivity contribution < 1.29 is 17.6 Å².